The van der Waals surface area contributed by atoms with E-state index in [1.54, 1.807) is 18.2 Å². The lowest BCUT2D eigenvalue weighted by atomic mass is 9.80. The van der Waals surface area contributed by atoms with Crippen LogP contribution in [-0.4, -0.2) is 34.7 Å². The van der Waals surface area contributed by atoms with Crippen molar-refractivity contribution in [2.75, 3.05) is 18.4 Å². The maximum absolute atomic E-state index is 9.98. The highest BCUT2D eigenvalue weighted by atomic mass is 16.3. The minimum atomic E-state index is 0.227. The fourth-order valence-electron chi connectivity index (χ4n) is 4.13. The Labute approximate surface area is 139 Å². The van der Waals surface area contributed by atoms with E-state index in [1.807, 2.05) is 0 Å². The van der Waals surface area contributed by atoms with E-state index in [1.165, 1.54) is 32.1 Å². The first kappa shape index (κ1) is 16.1. The van der Waals surface area contributed by atoms with Gasteiger partial charge in [0.1, 0.15) is 5.75 Å². The lowest BCUT2D eigenvalue weighted by Gasteiger charge is -2.47. The molecule has 4 nitrogen and oxygen atoms in total. The molecular formula is C19H27N3O. The summed E-state index contributed by atoms with van der Waals surface area (Å²) in [6.45, 7) is 4.67. The maximum Gasteiger partial charge on any atom is 0.138 e. The van der Waals surface area contributed by atoms with E-state index < -0.39 is 0 Å². The SMILES string of the molecule is CC1(N2CCC(Nc3cc(C#N)ccc3O)CC2)CCCCC1. The Hall–Kier alpha value is -1.73. The molecule has 1 saturated heterocycles. The van der Waals surface area contributed by atoms with Crippen molar-refractivity contribution in [2.45, 2.75) is 63.5 Å². The van der Waals surface area contributed by atoms with Crippen molar-refractivity contribution in [1.29, 1.82) is 5.26 Å². The van der Waals surface area contributed by atoms with Gasteiger partial charge in [-0.25, -0.2) is 0 Å². The van der Waals surface area contributed by atoms with Gasteiger partial charge in [-0.05, 0) is 50.8 Å². The van der Waals surface area contributed by atoms with Crippen LogP contribution in [-0.2, 0) is 0 Å². The summed E-state index contributed by atoms with van der Waals surface area (Å²) in [5, 5.41) is 22.4. The number of rotatable bonds is 3. The van der Waals surface area contributed by atoms with Crippen molar-refractivity contribution in [3.8, 4) is 11.8 Å². The van der Waals surface area contributed by atoms with Crippen LogP contribution in [0.5, 0.6) is 5.75 Å². The molecule has 1 aliphatic carbocycles. The van der Waals surface area contributed by atoms with Gasteiger partial charge in [-0.15, -0.1) is 0 Å². The van der Waals surface area contributed by atoms with Crippen LogP contribution < -0.4 is 5.32 Å². The molecule has 0 radical (unpaired) electrons. The molecule has 2 aliphatic rings. The zero-order valence-corrected chi connectivity index (χ0v) is 14.0. The summed E-state index contributed by atoms with van der Waals surface area (Å²) in [7, 11) is 0. The number of piperidine rings is 1. The zero-order chi connectivity index (χ0) is 16.3. The van der Waals surface area contributed by atoms with Crippen LogP contribution in [0.1, 0.15) is 57.4 Å². The van der Waals surface area contributed by atoms with Gasteiger partial charge >= 0.3 is 0 Å². The van der Waals surface area contributed by atoms with E-state index in [0.29, 0.717) is 22.8 Å². The van der Waals surface area contributed by atoms with Gasteiger partial charge < -0.3 is 10.4 Å². The van der Waals surface area contributed by atoms with Crippen molar-refractivity contribution in [3.63, 3.8) is 0 Å². The van der Waals surface area contributed by atoms with E-state index in [2.05, 4.69) is 23.2 Å². The Kier molecular flexibility index (Phi) is 4.77. The van der Waals surface area contributed by atoms with Gasteiger partial charge in [-0.3, -0.25) is 4.90 Å². The number of aromatic hydroxyl groups is 1. The molecule has 23 heavy (non-hydrogen) atoms. The van der Waals surface area contributed by atoms with Gasteiger partial charge in [0.2, 0.25) is 0 Å². The van der Waals surface area contributed by atoms with Crippen LogP contribution in [0.15, 0.2) is 18.2 Å². The summed E-state index contributed by atoms with van der Waals surface area (Å²) in [4.78, 5) is 2.68. The first-order valence-corrected chi connectivity index (χ1v) is 8.85. The molecule has 2 fully saturated rings. The summed E-state index contributed by atoms with van der Waals surface area (Å²) in [6, 6.07) is 7.48. The highest BCUT2D eigenvalue weighted by Crippen LogP contribution is 2.35. The third-order valence-corrected chi connectivity index (χ3v) is 5.67. The second-order valence-electron chi connectivity index (χ2n) is 7.31. The molecule has 1 aromatic rings. The third kappa shape index (κ3) is 3.61. The van der Waals surface area contributed by atoms with Gasteiger partial charge in [-0.2, -0.15) is 5.26 Å². The second-order valence-corrected chi connectivity index (χ2v) is 7.31. The number of hydrogen-bond acceptors (Lipinski definition) is 4. The first-order chi connectivity index (χ1) is 11.1. The summed E-state index contributed by atoms with van der Waals surface area (Å²) in [5.41, 5.74) is 1.66. The molecule has 1 saturated carbocycles. The summed E-state index contributed by atoms with van der Waals surface area (Å²) in [6.07, 6.45) is 8.96. The van der Waals surface area contributed by atoms with Crippen molar-refractivity contribution in [3.05, 3.63) is 23.8 Å². The number of phenols is 1. The van der Waals surface area contributed by atoms with Gasteiger partial charge in [0.05, 0.1) is 17.3 Å². The number of likely N-dealkylation sites (tertiary alicyclic amines) is 1. The van der Waals surface area contributed by atoms with E-state index >= 15 is 0 Å². The molecule has 0 atom stereocenters. The molecule has 1 heterocycles. The number of nitrogens with one attached hydrogen (secondary N) is 1. The molecule has 1 aromatic carbocycles. The van der Waals surface area contributed by atoms with E-state index in [-0.39, 0.29) is 5.75 Å². The van der Waals surface area contributed by atoms with E-state index in [9.17, 15) is 5.11 Å². The summed E-state index contributed by atoms with van der Waals surface area (Å²) < 4.78 is 0. The minimum absolute atomic E-state index is 0.227. The molecule has 4 heteroatoms. The number of nitriles is 1. The van der Waals surface area contributed by atoms with Crippen LogP contribution >= 0.6 is 0 Å². The largest absolute Gasteiger partial charge is 0.506 e. The highest BCUT2D eigenvalue weighted by Gasteiger charge is 2.35. The Balaban J connectivity index is 1.58. The second kappa shape index (κ2) is 6.80. The van der Waals surface area contributed by atoms with Gasteiger partial charge in [0.25, 0.3) is 0 Å². The van der Waals surface area contributed by atoms with Crippen LogP contribution in [0.4, 0.5) is 5.69 Å². The molecular weight excluding hydrogens is 286 g/mol. The molecule has 1 aliphatic heterocycles. The number of hydrogen-bond donors (Lipinski definition) is 2. The molecule has 0 aromatic heterocycles. The van der Waals surface area contributed by atoms with E-state index in [0.717, 1.165) is 25.9 Å². The van der Waals surface area contributed by atoms with Crippen molar-refractivity contribution in [1.82, 2.24) is 4.90 Å². The molecule has 0 bridgehead atoms. The third-order valence-electron chi connectivity index (χ3n) is 5.67. The molecule has 124 valence electrons. The standard InChI is InChI=1S/C19H27N3O/c1-19(9-3-2-4-10-19)22-11-7-16(8-12-22)21-17-13-15(14-20)5-6-18(17)23/h5-6,13,16,21,23H,2-4,7-12H2,1H3. The maximum atomic E-state index is 9.98. The van der Waals surface area contributed by atoms with E-state index in [4.69, 9.17) is 5.26 Å². The van der Waals surface area contributed by atoms with Gasteiger partial charge in [0.15, 0.2) is 0 Å². The Morgan fingerprint density at radius 2 is 1.91 bits per heavy atom. The minimum Gasteiger partial charge on any atom is -0.506 e. The predicted octanol–water partition coefficient (Wildman–Crippen LogP) is 3.86. The Morgan fingerprint density at radius 3 is 2.57 bits per heavy atom. The monoisotopic (exact) mass is 313 g/mol. The fourth-order valence-corrected chi connectivity index (χ4v) is 4.13. The smallest absolute Gasteiger partial charge is 0.138 e. The average molecular weight is 313 g/mol. The lowest BCUT2D eigenvalue weighted by Crippen LogP contribution is -2.52. The molecule has 0 unspecified atom stereocenters. The van der Waals surface area contributed by atoms with Crippen LogP contribution in [0.3, 0.4) is 0 Å². The van der Waals surface area contributed by atoms with Crippen LogP contribution in [0.25, 0.3) is 0 Å². The quantitative estimate of drug-likeness (QED) is 0.832. The normalized spacial score (nSPS) is 22.4. The molecule has 0 amide bonds. The highest BCUT2D eigenvalue weighted by molar-refractivity contribution is 5.59. The van der Waals surface area contributed by atoms with Crippen LogP contribution in [0, 0.1) is 11.3 Å². The first-order valence-electron chi connectivity index (χ1n) is 8.85. The molecule has 0 spiro atoms. The molecule has 3 rings (SSSR count). The number of phenolic OH excluding ortho intramolecular Hbond substituents is 1. The van der Waals surface area contributed by atoms with Crippen LogP contribution in [0.2, 0.25) is 0 Å². The summed E-state index contributed by atoms with van der Waals surface area (Å²) in [5.74, 6) is 0.227. The topological polar surface area (TPSA) is 59.3 Å². The van der Waals surface area contributed by atoms with Gasteiger partial charge in [0, 0.05) is 24.7 Å². The Bertz CT molecular complexity index is 579. The number of benzene rings is 1. The van der Waals surface area contributed by atoms with Crippen molar-refractivity contribution >= 4 is 5.69 Å². The lowest BCUT2D eigenvalue weighted by molar-refractivity contribution is 0.0457. The fraction of sp³-hybridized carbons (Fsp3) is 0.632. The van der Waals surface area contributed by atoms with Gasteiger partial charge in [-0.1, -0.05) is 19.3 Å². The number of nitrogens with zero attached hydrogens (tertiary/aromatic N) is 2. The summed E-state index contributed by atoms with van der Waals surface area (Å²) >= 11 is 0. The molecule has 2 N–H and O–H groups in total. The predicted molar refractivity (Wildman–Crippen MR) is 92.5 cm³/mol. The zero-order valence-electron chi connectivity index (χ0n) is 14.0. The average Bonchev–Trinajstić information content (AvgIpc) is 2.58. The number of anilines is 1. The van der Waals surface area contributed by atoms with Crippen molar-refractivity contribution in [2.24, 2.45) is 0 Å². The Morgan fingerprint density at radius 1 is 1.22 bits per heavy atom. The van der Waals surface area contributed by atoms with Crippen molar-refractivity contribution < 1.29 is 5.11 Å².